The summed E-state index contributed by atoms with van der Waals surface area (Å²) in [4.78, 5) is 39.5. The van der Waals surface area contributed by atoms with Gasteiger partial charge in [-0.15, -0.1) is 0 Å². The summed E-state index contributed by atoms with van der Waals surface area (Å²) < 4.78 is 1.80. The van der Waals surface area contributed by atoms with Crippen LogP contribution >= 0.6 is 0 Å². The Labute approximate surface area is 200 Å². The first kappa shape index (κ1) is 22.3. The Morgan fingerprint density at radius 1 is 1.26 bits per heavy atom. The number of aromatic amines is 1. The largest absolute Gasteiger partial charge is 0.481 e. The van der Waals surface area contributed by atoms with E-state index in [1.165, 1.54) is 0 Å². The number of aromatic nitrogens is 6. The normalized spacial score (nSPS) is 16.4. The Morgan fingerprint density at radius 2 is 2.14 bits per heavy atom. The number of carboxylic acid groups (broad SMARTS) is 1. The molecule has 12 heteroatoms. The smallest absolute Gasteiger partial charge is 0.305 e. The van der Waals surface area contributed by atoms with Crippen molar-refractivity contribution in [2.24, 2.45) is 0 Å². The number of anilines is 3. The first-order chi connectivity index (χ1) is 17.0. The number of aliphatic carboxylic acids is 1. The van der Waals surface area contributed by atoms with Crippen LogP contribution in [-0.4, -0.2) is 59.1 Å². The van der Waals surface area contributed by atoms with Crippen LogP contribution in [0.25, 0.3) is 5.65 Å². The highest BCUT2D eigenvalue weighted by Crippen LogP contribution is 2.34. The van der Waals surface area contributed by atoms with Crippen LogP contribution in [0.2, 0.25) is 0 Å². The second kappa shape index (κ2) is 9.41. The number of pyridine rings is 1. The van der Waals surface area contributed by atoms with Crippen molar-refractivity contribution < 1.29 is 14.7 Å². The van der Waals surface area contributed by atoms with E-state index in [9.17, 15) is 9.59 Å². The van der Waals surface area contributed by atoms with Gasteiger partial charge < -0.3 is 20.6 Å². The Balaban J connectivity index is 1.39. The van der Waals surface area contributed by atoms with Gasteiger partial charge in [0.15, 0.2) is 5.82 Å². The second-order valence-corrected chi connectivity index (χ2v) is 8.45. The molecule has 12 nitrogen and oxygen atoms in total. The molecule has 5 heterocycles. The molecule has 1 aliphatic rings. The number of carboxylic acids is 1. The lowest BCUT2D eigenvalue weighted by Gasteiger charge is -2.24. The highest BCUT2D eigenvalue weighted by Gasteiger charge is 2.30. The molecule has 0 bridgehead atoms. The Bertz CT molecular complexity index is 1350. The average Bonchev–Trinajstić information content (AvgIpc) is 3.59. The molecule has 35 heavy (non-hydrogen) atoms. The molecular weight excluding hydrogens is 450 g/mol. The molecule has 4 aromatic heterocycles. The Hall–Kier alpha value is -4.48. The molecule has 0 radical (unpaired) electrons. The third-order valence-electron chi connectivity index (χ3n) is 5.84. The number of rotatable bonds is 8. The topological polar surface area (TPSA) is 153 Å². The maximum Gasteiger partial charge on any atom is 0.305 e. The number of H-pyrrole nitrogens is 1. The molecule has 4 aromatic rings. The van der Waals surface area contributed by atoms with Gasteiger partial charge >= 0.3 is 5.97 Å². The molecule has 180 valence electrons. The first-order valence-corrected chi connectivity index (χ1v) is 11.4. The van der Waals surface area contributed by atoms with E-state index in [2.05, 4.69) is 30.7 Å². The molecule has 4 N–H and O–H groups in total. The molecule has 2 unspecified atom stereocenters. The predicted octanol–water partition coefficient (Wildman–Crippen LogP) is 2.53. The Morgan fingerprint density at radius 3 is 2.94 bits per heavy atom. The third kappa shape index (κ3) is 4.76. The van der Waals surface area contributed by atoms with Gasteiger partial charge in [0.25, 0.3) is 5.91 Å². The van der Waals surface area contributed by atoms with Crippen LogP contribution in [0, 0.1) is 0 Å². The highest BCUT2D eigenvalue weighted by molar-refractivity contribution is 5.93. The number of nitrogens with one attached hydrogen (secondary N) is 3. The van der Waals surface area contributed by atoms with E-state index in [0.717, 1.165) is 30.7 Å². The van der Waals surface area contributed by atoms with Crippen molar-refractivity contribution in [2.45, 2.75) is 38.3 Å². The van der Waals surface area contributed by atoms with E-state index in [4.69, 9.17) is 15.1 Å². The van der Waals surface area contributed by atoms with Gasteiger partial charge in [-0.2, -0.15) is 15.1 Å². The lowest BCUT2D eigenvalue weighted by Crippen LogP contribution is -2.34. The van der Waals surface area contributed by atoms with Gasteiger partial charge in [0, 0.05) is 31.0 Å². The summed E-state index contributed by atoms with van der Waals surface area (Å²) in [5.41, 5.74) is 1.91. The standard InChI is InChI=1S/C23H25N9O3/c1-14(12-20(33)34)25-21(35)16-13-18(30-29-16)26-22-28-23(27-19-8-5-11-32(19)22)31-10-4-7-17(31)15-6-2-3-9-24-15/h2-3,5-6,8-9,11,13-14,17H,4,7,10,12H2,1H3,(H,25,35)(H,33,34)(H2,26,27,28,29,30). The number of carbonyl (C=O) groups excluding carboxylic acids is 1. The number of carbonyl (C=O) groups is 2. The van der Waals surface area contributed by atoms with Crippen molar-refractivity contribution in [1.82, 2.24) is 34.9 Å². The average molecular weight is 476 g/mol. The minimum atomic E-state index is -0.983. The summed E-state index contributed by atoms with van der Waals surface area (Å²) in [6.07, 6.45) is 5.45. The zero-order valence-corrected chi connectivity index (χ0v) is 19.0. The lowest BCUT2D eigenvalue weighted by atomic mass is 10.1. The van der Waals surface area contributed by atoms with Gasteiger partial charge in [0.1, 0.15) is 11.3 Å². The minimum absolute atomic E-state index is 0.0925. The summed E-state index contributed by atoms with van der Waals surface area (Å²) in [5, 5.41) is 21.5. The minimum Gasteiger partial charge on any atom is -0.481 e. The fourth-order valence-electron chi connectivity index (χ4n) is 4.25. The van der Waals surface area contributed by atoms with Crippen molar-refractivity contribution in [3.63, 3.8) is 0 Å². The third-order valence-corrected chi connectivity index (χ3v) is 5.84. The molecule has 2 atom stereocenters. The van der Waals surface area contributed by atoms with Gasteiger partial charge in [0.05, 0.1) is 18.2 Å². The van der Waals surface area contributed by atoms with Gasteiger partial charge in [-0.3, -0.25) is 24.1 Å². The summed E-state index contributed by atoms with van der Waals surface area (Å²) in [6.45, 7) is 2.45. The van der Waals surface area contributed by atoms with Crippen LogP contribution in [0.15, 0.2) is 48.8 Å². The molecule has 1 saturated heterocycles. The molecule has 1 amide bonds. The molecule has 0 spiro atoms. The van der Waals surface area contributed by atoms with E-state index in [1.54, 1.807) is 23.6 Å². The lowest BCUT2D eigenvalue weighted by molar-refractivity contribution is -0.137. The first-order valence-electron chi connectivity index (χ1n) is 11.4. The molecule has 0 saturated carbocycles. The zero-order valence-electron chi connectivity index (χ0n) is 19.0. The number of amides is 1. The van der Waals surface area contributed by atoms with E-state index in [1.807, 2.05) is 36.5 Å². The zero-order chi connectivity index (χ0) is 24.4. The van der Waals surface area contributed by atoms with Crippen molar-refractivity contribution in [1.29, 1.82) is 0 Å². The maximum absolute atomic E-state index is 12.4. The number of fused-ring (bicyclic) bond motifs is 1. The monoisotopic (exact) mass is 475 g/mol. The van der Waals surface area contributed by atoms with Crippen molar-refractivity contribution >= 4 is 35.2 Å². The van der Waals surface area contributed by atoms with Crippen LogP contribution < -0.4 is 15.5 Å². The van der Waals surface area contributed by atoms with Crippen molar-refractivity contribution in [3.8, 4) is 0 Å². The molecule has 5 rings (SSSR count). The van der Waals surface area contributed by atoms with E-state index in [0.29, 0.717) is 17.7 Å². The Kier molecular flexibility index (Phi) is 6.00. The summed E-state index contributed by atoms with van der Waals surface area (Å²) in [7, 11) is 0. The number of hydrogen-bond acceptors (Lipinski definition) is 8. The van der Waals surface area contributed by atoms with Crippen LogP contribution in [0.1, 0.15) is 48.4 Å². The fraction of sp³-hybridized carbons (Fsp3) is 0.304. The summed E-state index contributed by atoms with van der Waals surface area (Å²) in [6, 6.07) is 10.8. The fourth-order valence-corrected chi connectivity index (χ4v) is 4.25. The molecule has 0 aromatic carbocycles. The SMILES string of the molecule is CC(CC(=O)O)NC(=O)c1cc(Nc2nc(N3CCCC3c3ccccn3)nc3cccn23)n[nH]1. The predicted molar refractivity (Wildman–Crippen MR) is 128 cm³/mol. The van der Waals surface area contributed by atoms with Crippen LogP contribution in [0.5, 0.6) is 0 Å². The quantitative estimate of drug-likeness (QED) is 0.301. The molecular formula is C23H25N9O3. The molecule has 0 aliphatic carbocycles. The highest BCUT2D eigenvalue weighted by atomic mass is 16.4. The van der Waals surface area contributed by atoms with Crippen LogP contribution in [-0.2, 0) is 4.79 Å². The van der Waals surface area contributed by atoms with E-state index >= 15 is 0 Å². The van der Waals surface area contributed by atoms with Crippen molar-refractivity contribution in [2.75, 3.05) is 16.8 Å². The molecule has 1 aliphatic heterocycles. The van der Waals surface area contributed by atoms with Crippen molar-refractivity contribution in [3.05, 3.63) is 60.2 Å². The van der Waals surface area contributed by atoms with Gasteiger partial charge in [-0.25, -0.2) is 0 Å². The van der Waals surface area contributed by atoms with Gasteiger partial charge in [0.2, 0.25) is 11.9 Å². The summed E-state index contributed by atoms with van der Waals surface area (Å²) in [5.74, 6) is 0.0537. The van der Waals surface area contributed by atoms with E-state index in [-0.39, 0.29) is 18.2 Å². The summed E-state index contributed by atoms with van der Waals surface area (Å²) >= 11 is 0. The maximum atomic E-state index is 12.4. The second-order valence-electron chi connectivity index (χ2n) is 8.45. The number of nitrogens with zero attached hydrogens (tertiary/aromatic N) is 6. The molecule has 1 fully saturated rings. The van der Waals surface area contributed by atoms with E-state index < -0.39 is 17.9 Å². The van der Waals surface area contributed by atoms with Gasteiger partial charge in [-0.05, 0) is 44.0 Å². The van der Waals surface area contributed by atoms with Crippen LogP contribution in [0.4, 0.5) is 17.7 Å². The van der Waals surface area contributed by atoms with Crippen LogP contribution in [0.3, 0.4) is 0 Å². The van der Waals surface area contributed by atoms with Gasteiger partial charge in [-0.1, -0.05) is 6.07 Å². The number of hydrogen-bond donors (Lipinski definition) is 4.